The Morgan fingerprint density at radius 2 is 2.07 bits per heavy atom. The first-order valence-corrected chi connectivity index (χ1v) is 5.60. The van der Waals surface area contributed by atoms with E-state index < -0.39 is 0 Å². The number of allylic oxidation sites excluding steroid dienone is 1. The van der Waals surface area contributed by atoms with Crippen molar-refractivity contribution in [3.63, 3.8) is 0 Å². The van der Waals surface area contributed by atoms with Gasteiger partial charge < -0.3 is 5.11 Å². The van der Waals surface area contributed by atoms with E-state index in [0.717, 1.165) is 31.2 Å². The molecule has 15 heavy (non-hydrogen) atoms. The maximum Gasteiger partial charge on any atom is 0.0792 e. The van der Waals surface area contributed by atoms with E-state index in [1.54, 1.807) is 0 Å². The van der Waals surface area contributed by atoms with Gasteiger partial charge in [0.1, 0.15) is 0 Å². The van der Waals surface area contributed by atoms with Crippen molar-refractivity contribution in [2.24, 2.45) is 0 Å². The molecule has 0 bridgehead atoms. The molecular weight excluding hydrogens is 184 g/mol. The molecular formula is C14H20O. The summed E-state index contributed by atoms with van der Waals surface area (Å²) < 4.78 is 0. The Balaban J connectivity index is 2.43. The average Bonchev–Trinajstić information content (AvgIpc) is 2.25. The zero-order chi connectivity index (χ0) is 11.1. The molecule has 0 saturated heterocycles. The SMILES string of the molecule is C=CCCCCC(O)c1ccccc1C. The fourth-order valence-corrected chi connectivity index (χ4v) is 1.74. The first-order valence-electron chi connectivity index (χ1n) is 5.60. The molecule has 1 nitrogen and oxygen atoms in total. The topological polar surface area (TPSA) is 20.2 Å². The highest BCUT2D eigenvalue weighted by atomic mass is 16.3. The first-order chi connectivity index (χ1) is 7.25. The summed E-state index contributed by atoms with van der Waals surface area (Å²) in [4.78, 5) is 0. The second-order valence-corrected chi connectivity index (χ2v) is 3.95. The van der Waals surface area contributed by atoms with Gasteiger partial charge in [-0.05, 0) is 37.3 Å². The van der Waals surface area contributed by atoms with Gasteiger partial charge in [-0.25, -0.2) is 0 Å². The van der Waals surface area contributed by atoms with E-state index in [1.165, 1.54) is 5.56 Å². The highest BCUT2D eigenvalue weighted by molar-refractivity contribution is 5.27. The van der Waals surface area contributed by atoms with E-state index in [9.17, 15) is 5.11 Å². The highest BCUT2D eigenvalue weighted by Crippen LogP contribution is 2.22. The monoisotopic (exact) mass is 204 g/mol. The first kappa shape index (κ1) is 12.0. The number of unbranched alkanes of at least 4 members (excludes halogenated alkanes) is 2. The number of aryl methyl sites for hydroxylation is 1. The lowest BCUT2D eigenvalue weighted by atomic mass is 9.99. The van der Waals surface area contributed by atoms with Crippen LogP contribution in [0.5, 0.6) is 0 Å². The molecule has 0 radical (unpaired) electrons. The standard InChI is InChI=1S/C14H20O/c1-3-4-5-6-11-14(15)13-10-8-7-9-12(13)2/h3,7-10,14-15H,1,4-6,11H2,2H3. The summed E-state index contributed by atoms with van der Waals surface area (Å²) in [6.45, 7) is 5.73. The Hall–Kier alpha value is -1.08. The second kappa shape index (κ2) is 6.41. The van der Waals surface area contributed by atoms with E-state index in [-0.39, 0.29) is 6.10 Å². The third-order valence-corrected chi connectivity index (χ3v) is 2.68. The normalized spacial score (nSPS) is 12.4. The molecule has 0 amide bonds. The second-order valence-electron chi connectivity index (χ2n) is 3.95. The van der Waals surface area contributed by atoms with E-state index in [0.29, 0.717) is 0 Å². The molecule has 0 aliphatic carbocycles. The Bertz CT molecular complexity index is 304. The van der Waals surface area contributed by atoms with Crippen LogP contribution >= 0.6 is 0 Å². The third-order valence-electron chi connectivity index (χ3n) is 2.68. The van der Waals surface area contributed by atoms with Crippen molar-refractivity contribution in [2.45, 2.75) is 38.7 Å². The van der Waals surface area contributed by atoms with Gasteiger partial charge in [-0.2, -0.15) is 0 Å². The van der Waals surface area contributed by atoms with Crippen molar-refractivity contribution in [3.8, 4) is 0 Å². The van der Waals surface area contributed by atoms with Gasteiger partial charge in [0.15, 0.2) is 0 Å². The Kier molecular flexibility index (Phi) is 5.13. The molecule has 0 aromatic heterocycles. The lowest BCUT2D eigenvalue weighted by molar-refractivity contribution is 0.163. The molecule has 0 saturated carbocycles. The van der Waals surface area contributed by atoms with Crippen molar-refractivity contribution in [1.82, 2.24) is 0 Å². The van der Waals surface area contributed by atoms with Crippen molar-refractivity contribution < 1.29 is 5.11 Å². The molecule has 1 aromatic rings. The lowest BCUT2D eigenvalue weighted by Gasteiger charge is -2.12. The van der Waals surface area contributed by atoms with E-state index >= 15 is 0 Å². The summed E-state index contributed by atoms with van der Waals surface area (Å²) in [7, 11) is 0. The molecule has 0 aliphatic heterocycles. The highest BCUT2D eigenvalue weighted by Gasteiger charge is 2.08. The van der Waals surface area contributed by atoms with Gasteiger partial charge in [-0.15, -0.1) is 6.58 Å². The number of rotatable bonds is 6. The molecule has 1 aromatic carbocycles. The van der Waals surface area contributed by atoms with Gasteiger partial charge in [0.25, 0.3) is 0 Å². The summed E-state index contributed by atoms with van der Waals surface area (Å²) in [5, 5.41) is 9.97. The Morgan fingerprint density at radius 1 is 1.33 bits per heavy atom. The summed E-state index contributed by atoms with van der Waals surface area (Å²) in [5.74, 6) is 0. The summed E-state index contributed by atoms with van der Waals surface area (Å²) >= 11 is 0. The number of aliphatic hydroxyl groups is 1. The van der Waals surface area contributed by atoms with Gasteiger partial charge in [-0.1, -0.05) is 36.8 Å². The number of aliphatic hydroxyl groups excluding tert-OH is 1. The average molecular weight is 204 g/mol. The van der Waals surface area contributed by atoms with Crippen LogP contribution in [-0.2, 0) is 0 Å². The van der Waals surface area contributed by atoms with Crippen LogP contribution in [0.15, 0.2) is 36.9 Å². The van der Waals surface area contributed by atoms with Crippen molar-refractivity contribution >= 4 is 0 Å². The van der Waals surface area contributed by atoms with Crippen molar-refractivity contribution in [2.75, 3.05) is 0 Å². The minimum absolute atomic E-state index is 0.309. The quantitative estimate of drug-likeness (QED) is 0.552. The van der Waals surface area contributed by atoms with Crippen LogP contribution in [0.3, 0.4) is 0 Å². The predicted octanol–water partition coefficient (Wildman–Crippen LogP) is 3.77. The maximum atomic E-state index is 9.97. The summed E-state index contributed by atoms with van der Waals surface area (Å²) in [6.07, 6.45) is 5.68. The number of hydrogen-bond acceptors (Lipinski definition) is 1. The maximum absolute atomic E-state index is 9.97. The molecule has 1 N–H and O–H groups in total. The van der Waals surface area contributed by atoms with E-state index in [4.69, 9.17) is 0 Å². The molecule has 0 spiro atoms. The zero-order valence-electron chi connectivity index (χ0n) is 9.45. The van der Waals surface area contributed by atoms with Crippen LogP contribution in [0.4, 0.5) is 0 Å². The smallest absolute Gasteiger partial charge is 0.0792 e. The molecule has 0 fully saturated rings. The Morgan fingerprint density at radius 3 is 2.73 bits per heavy atom. The van der Waals surface area contributed by atoms with Gasteiger partial charge in [0.05, 0.1) is 6.10 Å². The predicted molar refractivity (Wildman–Crippen MR) is 64.8 cm³/mol. The van der Waals surface area contributed by atoms with Crippen LogP contribution in [0.25, 0.3) is 0 Å². The Labute approximate surface area is 92.5 Å². The largest absolute Gasteiger partial charge is 0.388 e. The van der Waals surface area contributed by atoms with Crippen LogP contribution in [0.1, 0.15) is 42.9 Å². The van der Waals surface area contributed by atoms with E-state index in [1.807, 2.05) is 37.3 Å². The van der Waals surface area contributed by atoms with Gasteiger partial charge in [0, 0.05) is 0 Å². The fraction of sp³-hybridized carbons (Fsp3) is 0.429. The van der Waals surface area contributed by atoms with Crippen LogP contribution in [-0.4, -0.2) is 5.11 Å². The number of hydrogen-bond donors (Lipinski definition) is 1. The van der Waals surface area contributed by atoms with Gasteiger partial charge >= 0.3 is 0 Å². The molecule has 1 rings (SSSR count). The molecule has 1 unspecified atom stereocenters. The molecule has 1 atom stereocenters. The van der Waals surface area contributed by atoms with Gasteiger partial charge in [0.2, 0.25) is 0 Å². The fourth-order valence-electron chi connectivity index (χ4n) is 1.74. The lowest BCUT2D eigenvalue weighted by Crippen LogP contribution is -1.99. The minimum Gasteiger partial charge on any atom is -0.388 e. The molecule has 1 heteroatoms. The summed E-state index contributed by atoms with van der Waals surface area (Å²) in [6, 6.07) is 8.04. The molecule has 0 aliphatic rings. The van der Waals surface area contributed by atoms with Crippen LogP contribution in [0.2, 0.25) is 0 Å². The van der Waals surface area contributed by atoms with E-state index in [2.05, 4.69) is 6.58 Å². The minimum atomic E-state index is -0.309. The third kappa shape index (κ3) is 3.88. The molecule has 82 valence electrons. The van der Waals surface area contributed by atoms with Gasteiger partial charge in [-0.3, -0.25) is 0 Å². The van der Waals surface area contributed by atoms with Crippen LogP contribution in [0, 0.1) is 6.92 Å². The van der Waals surface area contributed by atoms with Crippen molar-refractivity contribution in [3.05, 3.63) is 48.0 Å². The summed E-state index contributed by atoms with van der Waals surface area (Å²) in [5.41, 5.74) is 2.24. The molecule has 0 heterocycles. The number of benzene rings is 1. The zero-order valence-corrected chi connectivity index (χ0v) is 9.45. The van der Waals surface area contributed by atoms with Crippen LogP contribution < -0.4 is 0 Å². The van der Waals surface area contributed by atoms with Crippen molar-refractivity contribution in [1.29, 1.82) is 0 Å².